The second-order valence-electron chi connectivity index (χ2n) is 4.37. The van der Waals surface area contributed by atoms with Crippen LogP contribution in [-0.2, 0) is 0 Å². The Kier molecular flexibility index (Phi) is 3.88. The lowest BCUT2D eigenvalue weighted by molar-refractivity contribution is 0.0853. The molecule has 1 atom stereocenters. The van der Waals surface area contributed by atoms with Gasteiger partial charge < -0.3 is 9.47 Å². The van der Waals surface area contributed by atoms with Crippen LogP contribution in [-0.4, -0.2) is 12.9 Å². The number of carbonyl (C=O) groups excluding carboxylic acids is 1. The van der Waals surface area contributed by atoms with Gasteiger partial charge in [0.15, 0.2) is 5.78 Å². The molecule has 1 unspecified atom stereocenters. The van der Waals surface area contributed by atoms with E-state index in [0.717, 1.165) is 13.1 Å². The maximum atomic E-state index is 12.3. The Morgan fingerprint density at radius 2 is 2.15 bits per heavy atom. The molecule has 3 rings (SSSR count). The van der Waals surface area contributed by atoms with Crippen LogP contribution >= 0.6 is 43.2 Å². The van der Waals surface area contributed by atoms with Crippen LogP contribution in [0.5, 0.6) is 11.5 Å². The van der Waals surface area contributed by atoms with Crippen molar-refractivity contribution in [1.29, 1.82) is 0 Å². The highest BCUT2D eigenvalue weighted by atomic mass is 79.9. The van der Waals surface area contributed by atoms with E-state index >= 15 is 0 Å². The quantitative estimate of drug-likeness (QED) is 0.690. The minimum absolute atomic E-state index is 0.0794. The SMILES string of the molecule is COc1ccc2c(c1)C(=O)CC(c1cc(Br)c(Br)s1)O2. The second kappa shape index (κ2) is 5.50. The van der Waals surface area contributed by atoms with Gasteiger partial charge in [-0.2, -0.15) is 0 Å². The van der Waals surface area contributed by atoms with Crippen molar-refractivity contribution in [1.82, 2.24) is 0 Å². The Bertz CT molecular complexity index is 662. The summed E-state index contributed by atoms with van der Waals surface area (Å²) in [5, 5.41) is 0. The molecule has 1 aliphatic rings. The normalized spacial score (nSPS) is 17.6. The molecule has 2 heterocycles. The summed E-state index contributed by atoms with van der Waals surface area (Å²) >= 11 is 8.49. The molecule has 3 nitrogen and oxygen atoms in total. The molecule has 0 fully saturated rings. The number of rotatable bonds is 2. The molecule has 0 bridgehead atoms. The van der Waals surface area contributed by atoms with Crippen LogP contribution < -0.4 is 9.47 Å². The summed E-state index contributed by atoms with van der Waals surface area (Å²) in [6, 6.07) is 7.31. The first-order valence-electron chi connectivity index (χ1n) is 5.91. The van der Waals surface area contributed by atoms with Crippen LogP contribution in [0.25, 0.3) is 0 Å². The van der Waals surface area contributed by atoms with E-state index in [4.69, 9.17) is 9.47 Å². The standard InChI is InChI=1S/C14H10Br2O3S/c1-18-7-2-3-11-8(4-7)10(17)6-12(19-11)13-5-9(15)14(16)20-13/h2-5,12H,6H2,1H3. The first-order valence-corrected chi connectivity index (χ1v) is 8.31. The van der Waals surface area contributed by atoms with Gasteiger partial charge in [-0.3, -0.25) is 4.79 Å². The molecular weight excluding hydrogens is 408 g/mol. The highest BCUT2D eigenvalue weighted by Gasteiger charge is 2.29. The van der Waals surface area contributed by atoms with Gasteiger partial charge in [0.25, 0.3) is 0 Å². The molecule has 1 aromatic heterocycles. The van der Waals surface area contributed by atoms with E-state index in [1.807, 2.05) is 6.07 Å². The van der Waals surface area contributed by atoms with Crippen molar-refractivity contribution in [2.45, 2.75) is 12.5 Å². The summed E-state index contributed by atoms with van der Waals surface area (Å²) < 4.78 is 13.1. The van der Waals surface area contributed by atoms with Gasteiger partial charge >= 0.3 is 0 Å². The van der Waals surface area contributed by atoms with Gasteiger partial charge in [-0.1, -0.05) is 0 Å². The number of ether oxygens (including phenoxy) is 2. The molecule has 20 heavy (non-hydrogen) atoms. The third-order valence-corrected chi connectivity index (χ3v) is 6.46. The molecule has 0 saturated heterocycles. The average Bonchev–Trinajstić information content (AvgIpc) is 2.78. The predicted molar refractivity (Wildman–Crippen MR) is 85.0 cm³/mol. The van der Waals surface area contributed by atoms with Gasteiger partial charge in [-0.25, -0.2) is 0 Å². The van der Waals surface area contributed by atoms with Gasteiger partial charge in [0.1, 0.15) is 17.6 Å². The number of benzene rings is 1. The van der Waals surface area contributed by atoms with E-state index in [1.165, 1.54) is 0 Å². The lowest BCUT2D eigenvalue weighted by atomic mass is 9.99. The Morgan fingerprint density at radius 3 is 2.80 bits per heavy atom. The molecule has 0 spiro atoms. The van der Waals surface area contributed by atoms with Crippen LogP contribution in [0.3, 0.4) is 0 Å². The zero-order valence-electron chi connectivity index (χ0n) is 10.5. The van der Waals surface area contributed by atoms with E-state index in [0.29, 0.717) is 23.5 Å². The smallest absolute Gasteiger partial charge is 0.170 e. The first kappa shape index (κ1) is 14.1. The monoisotopic (exact) mass is 416 g/mol. The van der Waals surface area contributed by atoms with Crippen molar-refractivity contribution in [3.05, 3.63) is 43.0 Å². The minimum atomic E-state index is -0.226. The molecule has 0 N–H and O–H groups in total. The number of halogens is 2. The van der Waals surface area contributed by atoms with E-state index in [1.54, 1.807) is 36.6 Å². The van der Waals surface area contributed by atoms with Gasteiger partial charge in [0, 0.05) is 9.35 Å². The largest absolute Gasteiger partial charge is 0.497 e. The zero-order chi connectivity index (χ0) is 14.3. The topological polar surface area (TPSA) is 35.5 Å². The predicted octanol–water partition coefficient (Wildman–Crippen LogP) is 4.99. The Labute approximate surface area is 137 Å². The summed E-state index contributed by atoms with van der Waals surface area (Å²) in [7, 11) is 1.58. The fraction of sp³-hybridized carbons (Fsp3) is 0.214. The number of methoxy groups -OCH3 is 1. The number of hydrogen-bond acceptors (Lipinski definition) is 4. The molecule has 1 aliphatic heterocycles. The fourth-order valence-corrected chi connectivity index (χ4v) is 4.23. The number of Topliss-reactive ketones (excluding diaryl/α,β-unsaturated/α-hetero) is 1. The van der Waals surface area contributed by atoms with Crippen molar-refractivity contribution < 1.29 is 14.3 Å². The maximum Gasteiger partial charge on any atom is 0.170 e. The van der Waals surface area contributed by atoms with Gasteiger partial charge in [0.2, 0.25) is 0 Å². The zero-order valence-corrected chi connectivity index (χ0v) is 14.5. The highest BCUT2D eigenvalue weighted by Crippen LogP contribution is 2.42. The summed E-state index contributed by atoms with van der Waals surface area (Å²) in [6.07, 6.45) is 0.121. The summed E-state index contributed by atoms with van der Waals surface area (Å²) in [5.74, 6) is 1.37. The lowest BCUT2D eigenvalue weighted by Gasteiger charge is -2.24. The fourth-order valence-electron chi connectivity index (χ4n) is 2.11. The van der Waals surface area contributed by atoms with Crippen molar-refractivity contribution in [3.63, 3.8) is 0 Å². The molecule has 6 heteroatoms. The molecule has 0 saturated carbocycles. The van der Waals surface area contributed by atoms with E-state index in [9.17, 15) is 4.79 Å². The third kappa shape index (κ3) is 2.52. The van der Waals surface area contributed by atoms with Crippen LogP contribution in [0.4, 0.5) is 0 Å². The van der Waals surface area contributed by atoms with E-state index in [-0.39, 0.29) is 11.9 Å². The van der Waals surface area contributed by atoms with Crippen LogP contribution in [0.15, 0.2) is 32.5 Å². The number of ketones is 1. The highest BCUT2D eigenvalue weighted by molar-refractivity contribution is 9.13. The third-order valence-electron chi connectivity index (χ3n) is 3.11. The van der Waals surface area contributed by atoms with Gasteiger partial charge in [-0.05, 0) is 56.1 Å². The summed E-state index contributed by atoms with van der Waals surface area (Å²) in [4.78, 5) is 13.3. The number of fused-ring (bicyclic) bond motifs is 1. The van der Waals surface area contributed by atoms with Crippen LogP contribution in [0.2, 0.25) is 0 Å². The molecular formula is C14H10Br2O3S. The molecule has 0 radical (unpaired) electrons. The minimum Gasteiger partial charge on any atom is -0.497 e. The van der Waals surface area contributed by atoms with Crippen molar-refractivity contribution in [3.8, 4) is 11.5 Å². The van der Waals surface area contributed by atoms with Gasteiger partial charge in [-0.15, -0.1) is 11.3 Å². The maximum absolute atomic E-state index is 12.3. The molecule has 1 aromatic carbocycles. The van der Waals surface area contributed by atoms with E-state index < -0.39 is 0 Å². The van der Waals surface area contributed by atoms with E-state index in [2.05, 4.69) is 31.9 Å². The summed E-state index contributed by atoms with van der Waals surface area (Å²) in [5.41, 5.74) is 0.593. The lowest BCUT2D eigenvalue weighted by Crippen LogP contribution is -2.19. The summed E-state index contributed by atoms with van der Waals surface area (Å²) in [6.45, 7) is 0. The average molecular weight is 418 g/mol. The van der Waals surface area contributed by atoms with Crippen molar-refractivity contribution >= 4 is 49.0 Å². The van der Waals surface area contributed by atoms with Crippen LogP contribution in [0, 0.1) is 0 Å². The Morgan fingerprint density at radius 1 is 1.35 bits per heavy atom. The molecule has 2 aromatic rings. The molecule has 0 aliphatic carbocycles. The molecule has 104 valence electrons. The first-order chi connectivity index (χ1) is 9.58. The van der Waals surface area contributed by atoms with Gasteiger partial charge in [0.05, 0.1) is 22.9 Å². The number of carbonyl (C=O) groups is 1. The van der Waals surface area contributed by atoms with Crippen molar-refractivity contribution in [2.75, 3.05) is 7.11 Å². The Balaban J connectivity index is 1.94. The molecule has 0 amide bonds. The number of hydrogen-bond donors (Lipinski definition) is 0. The Hall–Kier alpha value is -0.850. The second-order valence-corrected chi connectivity index (χ2v) is 7.62. The van der Waals surface area contributed by atoms with Crippen molar-refractivity contribution in [2.24, 2.45) is 0 Å². The number of thiophene rings is 1. The van der Waals surface area contributed by atoms with Crippen LogP contribution in [0.1, 0.15) is 27.8 Å².